The smallest absolute Gasteiger partial charge is 0.322 e. The molecule has 2 N–H and O–H groups in total. The molecule has 2 heterocycles. The molecule has 0 unspecified atom stereocenters. The van der Waals surface area contributed by atoms with Crippen LogP contribution in [-0.4, -0.2) is 28.8 Å². The lowest BCUT2D eigenvalue weighted by Crippen LogP contribution is -2.33. The standard InChI is InChI=1S/C15H17N3O3/c1-9-11-5-3-2-4-10(11)8-18(9)13(19)7-6-12-14(20)17-15(21)16-12/h2-5,9,12H,6-8H2,1H3,(H2,16,17,20,21)/t9-,12+/m0/s1. The van der Waals surface area contributed by atoms with Gasteiger partial charge in [-0.3, -0.25) is 14.9 Å². The number of urea groups is 1. The number of carbonyl (C=O) groups excluding carboxylic acids is 3. The number of benzene rings is 1. The van der Waals surface area contributed by atoms with Gasteiger partial charge in [-0.25, -0.2) is 4.79 Å². The van der Waals surface area contributed by atoms with Gasteiger partial charge in [-0.05, 0) is 24.5 Å². The fourth-order valence-corrected chi connectivity index (χ4v) is 2.95. The number of imide groups is 1. The van der Waals surface area contributed by atoms with Crippen LogP contribution >= 0.6 is 0 Å². The Morgan fingerprint density at radius 1 is 1.33 bits per heavy atom. The van der Waals surface area contributed by atoms with Crippen molar-refractivity contribution in [3.05, 3.63) is 35.4 Å². The van der Waals surface area contributed by atoms with E-state index < -0.39 is 12.1 Å². The Balaban J connectivity index is 1.60. The lowest BCUT2D eigenvalue weighted by Gasteiger charge is -2.22. The Bertz CT molecular complexity index is 614. The Hall–Kier alpha value is -2.37. The molecule has 1 aromatic rings. The maximum absolute atomic E-state index is 12.4. The van der Waals surface area contributed by atoms with Crippen molar-refractivity contribution in [2.24, 2.45) is 0 Å². The van der Waals surface area contributed by atoms with E-state index in [4.69, 9.17) is 0 Å². The molecule has 3 rings (SSSR count). The van der Waals surface area contributed by atoms with Gasteiger partial charge in [0.15, 0.2) is 0 Å². The lowest BCUT2D eigenvalue weighted by molar-refractivity contribution is -0.133. The summed E-state index contributed by atoms with van der Waals surface area (Å²) in [6.07, 6.45) is 0.576. The quantitative estimate of drug-likeness (QED) is 0.816. The van der Waals surface area contributed by atoms with Crippen molar-refractivity contribution in [2.45, 2.75) is 38.4 Å². The second-order valence-electron chi connectivity index (χ2n) is 5.45. The Morgan fingerprint density at radius 2 is 2.10 bits per heavy atom. The van der Waals surface area contributed by atoms with Gasteiger partial charge in [0.05, 0.1) is 6.04 Å². The number of hydrogen-bond acceptors (Lipinski definition) is 3. The van der Waals surface area contributed by atoms with Crippen molar-refractivity contribution in [3.63, 3.8) is 0 Å². The summed E-state index contributed by atoms with van der Waals surface area (Å²) in [5.74, 6) is -0.349. The molecule has 0 aromatic heterocycles. The minimum atomic E-state index is -0.596. The first-order chi connectivity index (χ1) is 10.1. The van der Waals surface area contributed by atoms with E-state index in [1.807, 2.05) is 36.1 Å². The number of amides is 4. The molecular weight excluding hydrogens is 270 g/mol. The third kappa shape index (κ3) is 2.49. The van der Waals surface area contributed by atoms with E-state index in [2.05, 4.69) is 10.6 Å². The number of fused-ring (bicyclic) bond motifs is 1. The van der Waals surface area contributed by atoms with E-state index >= 15 is 0 Å². The fourth-order valence-electron chi connectivity index (χ4n) is 2.95. The molecule has 1 saturated heterocycles. The summed E-state index contributed by atoms with van der Waals surface area (Å²) in [6.45, 7) is 2.62. The van der Waals surface area contributed by atoms with Crippen LogP contribution in [0.3, 0.4) is 0 Å². The molecule has 0 aliphatic carbocycles. The first kappa shape index (κ1) is 13.6. The number of hydrogen-bond donors (Lipinski definition) is 2. The average Bonchev–Trinajstić information content (AvgIpc) is 2.97. The van der Waals surface area contributed by atoms with Gasteiger partial charge in [0.2, 0.25) is 5.91 Å². The summed E-state index contributed by atoms with van der Waals surface area (Å²) in [5, 5.41) is 4.68. The topological polar surface area (TPSA) is 78.5 Å². The molecule has 0 bridgehead atoms. The van der Waals surface area contributed by atoms with Crippen LogP contribution in [0.2, 0.25) is 0 Å². The van der Waals surface area contributed by atoms with E-state index in [1.165, 1.54) is 11.1 Å². The highest BCUT2D eigenvalue weighted by atomic mass is 16.2. The first-order valence-electron chi connectivity index (χ1n) is 7.05. The highest BCUT2D eigenvalue weighted by Gasteiger charge is 2.33. The third-order valence-corrected chi connectivity index (χ3v) is 4.14. The highest BCUT2D eigenvalue weighted by molar-refractivity contribution is 6.04. The number of nitrogens with one attached hydrogen (secondary N) is 2. The van der Waals surface area contributed by atoms with Gasteiger partial charge in [-0.2, -0.15) is 0 Å². The Morgan fingerprint density at radius 3 is 2.76 bits per heavy atom. The molecule has 2 atom stereocenters. The molecule has 1 fully saturated rings. The fraction of sp³-hybridized carbons (Fsp3) is 0.400. The molecule has 2 aliphatic rings. The molecular formula is C15H17N3O3. The Labute approximate surface area is 122 Å². The summed E-state index contributed by atoms with van der Waals surface area (Å²) in [7, 11) is 0. The summed E-state index contributed by atoms with van der Waals surface area (Å²) < 4.78 is 0. The van der Waals surface area contributed by atoms with E-state index in [1.54, 1.807) is 0 Å². The zero-order valence-corrected chi connectivity index (χ0v) is 11.8. The minimum Gasteiger partial charge on any atom is -0.332 e. The van der Waals surface area contributed by atoms with Crippen LogP contribution in [0, 0.1) is 0 Å². The molecule has 6 nitrogen and oxygen atoms in total. The van der Waals surface area contributed by atoms with Crippen molar-refractivity contribution in [1.29, 1.82) is 0 Å². The largest absolute Gasteiger partial charge is 0.332 e. The van der Waals surface area contributed by atoms with Crippen LogP contribution < -0.4 is 10.6 Å². The summed E-state index contributed by atoms with van der Waals surface area (Å²) in [5.41, 5.74) is 2.35. The molecule has 0 radical (unpaired) electrons. The van der Waals surface area contributed by atoms with Gasteiger partial charge < -0.3 is 10.2 Å². The van der Waals surface area contributed by atoms with Crippen LogP contribution in [0.5, 0.6) is 0 Å². The summed E-state index contributed by atoms with van der Waals surface area (Å²) in [4.78, 5) is 36.6. The predicted molar refractivity (Wildman–Crippen MR) is 75.1 cm³/mol. The second-order valence-corrected chi connectivity index (χ2v) is 5.45. The van der Waals surface area contributed by atoms with Crippen LogP contribution in [0.15, 0.2) is 24.3 Å². The molecule has 1 aromatic carbocycles. The molecule has 0 spiro atoms. The van der Waals surface area contributed by atoms with Gasteiger partial charge in [0, 0.05) is 13.0 Å². The van der Waals surface area contributed by atoms with Gasteiger partial charge in [0.25, 0.3) is 5.91 Å². The summed E-state index contributed by atoms with van der Waals surface area (Å²) in [6, 6.07) is 6.99. The zero-order valence-electron chi connectivity index (χ0n) is 11.8. The van der Waals surface area contributed by atoms with E-state index in [9.17, 15) is 14.4 Å². The highest BCUT2D eigenvalue weighted by Crippen LogP contribution is 2.33. The molecule has 0 saturated carbocycles. The van der Waals surface area contributed by atoms with Gasteiger partial charge >= 0.3 is 6.03 Å². The maximum atomic E-state index is 12.4. The number of carbonyl (C=O) groups is 3. The van der Waals surface area contributed by atoms with E-state index in [0.717, 1.165) is 0 Å². The number of rotatable bonds is 3. The van der Waals surface area contributed by atoms with Crippen molar-refractivity contribution < 1.29 is 14.4 Å². The summed E-state index contributed by atoms with van der Waals surface area (Å²) >= 11 is 0. The van der Waals surface area contributed by atoms with E-state index in [-0.39, 0.29) is 24.3 Å². The minimum absolute atomic E-state index is 0.00708. The average molecular weight is 287 g/mol. The lowest BCUT2D eigenvalue weighted by atomic mass is 10.1. The zero-order chi connectivity index (χ0) is 15.0. The van der Waals surface area contributed by atoms with Crippen molar-refractivity contribution in [3.8, 4) is 0 Å². The van der Waals surface area contributed by atoms with Crippen LogP contribution in [0.1, 0.15) is 36.9 Å². The molecule has 21 heavy (non-hydrogen) atoms. The monoisotopic (exact) mass is 287 g/mol. The van der Waals surface area contributed by atoms with Crippen LogP contribution in [-0.2, 0) is 16.1 Å². The van der Waals surface area contributed by atoms with Crippen molar-refractivity contribution in [2.75, 3.05) is 0 Å². The molecule has 2 aliphatic heterocycles. The van der Waals surface area contributed by atoms with Crippen LogP contribution in [0.4, 0.5) is 4.79 Å². The van der Waals surface area contributed by atoms with E-state index in [0.29, 0.717) is 13.0 Å². The number of nitrogens with zero attached hydrogens (tertiary/aromatic N) is 1. The Kier molecular flexibility index (Phi) is 3.37. The maximum Gasteiger partial charge on any atom is 0.322 e. The SMILES string of the molecule is C[C@H]1c2ccccc2CN1C(=O)CC[C@H]1NC(=O)NC1=O. The first-order valence-corrected chi connectivity index (χ1v) is 7.05. The van der Waals surface area contributed by atoms with Gasteiger partial charge in [-0.15, -0.1) is 0 Å². The van der Waals surface area contributed by atoms with Crippen molar-refractivity contribution in [1.82, 2.24) is 15.5 Å². The molecule has 4 amide bonds. The van der Waals surface area contributed by atoms with Crippen LogP contribution in [0.25, 0.3) is 0 Å². The van der Waals surface area contributed by atoms with Crippen molar-refractivity contribution >= 4 is 17.8 Å². The van der Waals surface area contributed by atoms with Gasteiger partial charge in [0.1, 0.15) is 6.04 Å². The predicted octanol–water partition coefficient (Wildman–Crippen LogP) is 1.08. The molecule has 110 valence electrons. The second kappa shape index (κ2) is 5.20. The normalized spacial score (nSPS) is 23.8. The molecule has 6 heteroatoms. The van der Waals surface area contributed by atoms with Gasteiger partial charge in [-0.1, -0.05) is 24.3 Å². The third-order valence-electron chi connectivity index (χ3n) is 4.14.